The predicted octanol–water partition coefficient (Wildman–Crippen LogP) is 1.87. The predicted molar refractivity (Wildman–Crippen MR) is 50.7 cm³/mol. The number of pyridine rings is 1. The van der Waals surface area contributed by atoms with Crippen LogP contribution in [0.15, 0.2) is 29.7 Å². The molecule has 0 radical (unpaired) electrons. The van der Waals surface area contributed by atoms with Gasteiger partial charge in [0.25, 0.3) is 0 Å². The lowest BCUT2D eigenvalue weighted by molar-refractivity contribution is 0.213. The number of halogens is 1. The maximum atomic E-state index is 4.63. The zero-order valence-corrected chi connectivity index (χ0v) is 7.84. The summed E-state index contributed by atoms with van der Waals surface area (Å²) in [5.74, 6) is 0. The molecule has 0 amide bonds. The highest BCUT2D eigenvalue weighted by Crippen LogP contribution is 1.98. The van der Waals surface area contributed by atoms with Crippen molar-refractivity contribution in [1.29, 1.82) is 0 Å². The third kappa shape index (κ3) is 2.88. The maximum absolute atomic E-state index is 4.63. The fourth-order valence-corrected chi connectivity index (χ4v) is 0.783. The quantitative estimate of drug-likeness (QED) is 0.522. The van der Waals surface area contributed by atoms with Crippen LogP contribution in [0.1, 0.15) is 12.5 Å². The van der Waals surface area contributed by atoms with Crippen molar-refractivity contribution in [3.05, 3.63) is 30.1 Å². The summed E-state index contributed by atoms with van der Waals surface area (Å²) >= 11 is 0. The molecule has 0 N–H and O–H groups in total. The van der Waals surface area contributed by atoms with Crippen LogP contribution in [0.4, 0.5) is 0 Å². The molecule has 0 atom stereocenters. The minimum atomic E-state index is 0. The summed E-state index contributed by atoms with van der Waals surface area (Å²) < 4.78 is 0. The van der Waals surface area contributed by atoms with Crippen LogP contribution in [0, 0.1) is 0 Å². The van der Waals surface area contributed by atoms with Crippen molar-refractivity contribution in [2.75, 3.05) is 7.11 Å². The molecule has 4 heteroatoms. The molecule has 0 fully saturated rings. The van der Waals surface area contributed by atoms with Gasteiger partial charge in [0.2, 0.25) is 0 Å². The van der Waals surface area contributed by atoms with Crippen LogP contribution < -0.4 is 0 Å². The van der Waals surface area contributed by atoms with Gasteiger partial charge in [-0.3, -0.25) is 4.98 Å². The van der Waals surface area contributed by atoms with E-state index in [1.54, 1.807) is 12.4 Å². The van der Waals surface area contributed by atoms with E-state index < -0.39 is 0 Å². The first-order chi connectivity index (χ1) is 5.34. The fraction of sp³-hybridized carbons (Fsp3) is 0.250. The Hall–Kier alpha value is -1.09. The van der Waals surface area contributed by atoms with Crippen LogP contribution in [0.2, 0.25) is 0 Å². The Bertz CT molecular complexity index is 248. The van der Waals surface area contributed by atoms with E-state index in [9.17, 15) is 0 Å². The molecule has 0 unspecified atom stereocenters. The largest absolute Gasteiger partial charge is 0.399 e. The SMILES string of the molecule is CO/N=C(/C)c1ccncc1.Cl. The van der Waals surface area contributed by atoms with E-state index in [4.69, 9.17) is 0 Å². The fourth-order valence-electron chi connectivity index (χ4n) is 0.783. The topological polar surface area (TPSA) is 34.5 Å². The van der Waals surface area contributed by atoms with Crippen LogP contribution in [0.5, 0.6) is 0 Å². The van der Waals surface area contributed by atoms with Gasteiger partial charge in [-0.2, -0.15) is 0 Å². The second-order valence-corrected chi connectivity index (χ2v) is 2.10. The zero-order chi connectivity index (χ0) is 8.10. The lowest BCUT2D eigenvalue weighted by Gasteiger charge is -1.96. The second kappa shape index (κ2) is 5.55. The van der Waals surface area contributed by atoms with E-state index in [2.05, 4.69) is 15.0 Å². The Morgan fingerprint density at radius 3 is 2.50 bits per heavy atom. The zero-order valence-electron chi connectivity index (χ0n) is 7.02. The molecule has 3 nitrogen and oxygen atoms in total. The molecular weight excluding hydrogens is 176 g/mol. The highest BCUT2D eigenvalue weighted by atomic mass is 35.5. The Kier molecular flexibility index (Phi) is 5.04. The van der Waals surface area contributed by atoms with E-state index in [1.165, 1.54) is 7.11 Å². The number of oxime groups is 1. The van der Waals surface area contributed by atoms with E-state index in [0.29, 0.717) is 0 Å². The first kappa shape index (κ1) is 10.9. The molecule has 12 heavy (non-hydrogen) atoms. The van der Waals surface area contributed by atoms with Crippen LogP contribution in [0.25, 0.3) is 0 Å². The number of hydrogen-bond donors (Lipinski definition) is 0. The van der Waals surface area contributed by atoms with Crippen LogP contribution in [0.3, 0.4) is 0 Å². The Labute approximate surface area is 77.9 Å². The normalized spacial score (nSPS) is 10.3. The third-order valence-corrected chi connectivity index (χ3v) is 1.33. The molecule has 0 spiro atoms. The summed E-state index contributed by atoms with van der Waals surface area (Å²) in [6.07, 6.45) is 3.45. The van der Waals surface area contributed by atoms with E-state index in [1.807, 2.05) is 19.1 Å². The van der Waals surface area contributed by atoms with Gasteiger partial charge in [-0.25, -0.2) is 0 Å². The van der Waals surface area contributed by atoms with Crippen molar-refractivity contribution in [3.63, 3.8) is 0 Å². The lowest BCUT2D eigenvalue weighted by atomic mass is 10.2. The first-order valence-corrected chi connectivity index (χ1v) is 3.32. The van der Waals surface area contributed by atoms with Gasteiger partial charge in [0.05, 0.1) is 5.71 Å². The Morgan fingerprint density at radius 2 is 2.00 bits per heavy atom. The van der Waals surface area contributed by atoms with Gasteiger partial charge < -0.3 is 4.84 Å². The van der Waals surface area contributed by atoms with Crippen LogP contribution in [-0.2, 0) is 4.84 Å². The standard InChI is InChI=1S/C8H10N2O.ClH/c1-7(10-11-2)8-3-5-9-6-4-8;/h3-6H,1-2H3;1H/b10-7-;. The van der Waals surface area contributed by atoms with Crippen molar-refractivity contribution in [1.82, 2.24) is 4.98 Å². The Morgan fingerprint density at radius 1 is 1.42 bits per heavy atom. The third-order valence-electron chi connectivity index (χ3n) is 1.33. The molecular formula is C8H11ClN2O. The molecule has 0 saturated heterocycles. The van der Waals surface area contributed by atoms with Crippen molar-refractivity contribution in [2.24, 2.45) is 5.16 Å². The van der Waals surface area contributed by atoms with E-state index >= 15 is 0 Å². The molecule has 1 rings (SSSR count). The monoisotopic (exact) mass is 186 g/mol. The molecule has 0 saturated carbocycles. The second-order valence-electron chi connectivity index (χ2n) is 2.10. The average Bonchev–Trinajstić information content (AvgIpc) is 2.07. The highest BCUT2D eigenvalue weighted by Gasteiger charge is 1.94. The molecule has 0 aromatic carbocycles. The minimum Gasteiger partial charge on any atom is -0.399 e. The number of aromatic nitrogens is 1. The van der Waals surface area contributed by atoms with Crippen LogP contribution >= 0.6 is 12.4 Å². The molecule has 1 aromatic heterocycles. The number of rotatable bonds is 2. The van der Waals surface area contributed by atoms with Gasteiger partial charge in [-0.05, 0) is 19.1 Å². The van der Waals surface area contributed by atoms with Gasteiger partial charge in [0.15, 0.2) is 0 Å². The molecule has 1 aromatic rings. The molecule has 1 heterocycles. The van der Waals surface area contributed by atoms with Crippen molar-refractivity contribution >= 4 is 18.1 Å². The molecule has 0 bridgehead atoms. The van der Waals surface area contributed by atoms with Gasteiger partial charge >= 0.3 is 0 Å². The number of nitrogens with zero attached hydrogens (tertiary/aromatic N) is 2. The number of hydrogen-bond acceptors (Lipinski definition) is 3. The summed E-state index contributed by atoms with van der Waals surface area (Å²) in [6, 6.07) is 3.77. The van der Waals surface area contributed by atoms with E-state index in [0.717, 1.165) is 11.3 Å². The Balaban J connectivity index is 0.00000121. The first-order valence-electron chi connectivity index (χ1n) is 3.32. The smallest absolute Gasteiger partial charge is 0.106 e. The van der Waals surface area contributed by atoms with Crippen molar-refractivity contribution in [3.8, 4) is 0 Å². The lowest BCUT2D eigenvalue weighted by Crippen LogP contribution is -1.94. The average molecular weight is 187 g/mol. The van der Waals surface area contributed by atoms with Crippen molar-refractivity contribution < 1.29 is 4.84 Å². The minimum absolute atomic E-state index is 0. The summed E-state index contributed by atoms with van der Waals surface area (Å²) in [4.78, 5) is 8.52. The van der Waals surface area contributed by atoms with Gasteiger partial charge in [0, 0.05) is 18.0 Å². The van der Waals surface area contributed by atoms with Gasteiger partial charge in [-0.15, -0.1) is 12.4 Å². The summed E-state index contributed by atoms with van der Waals surface area (Å²) in [6.45, 7) is 1.89. The van der Waals surface area contributed by atoms with Gasteiger partial charge in [0.1, 0.15) is 7.11 Å². The van der Waals surface area contributed by atoms with Gasteiger partial charge in [-0.1, -0.05) is 5.16 Å². The van der Waals surface area contributed by atoms with E-state index in [-0.39, 0.29) is 12.4 Å². The molecule has 66 valence electrons. The maximum Gasteiger partial charge on any atom is 0.106 e. The summed E-state index contributed by atoms with van der Waals surface area (Å²) in [7, 11) is 1.53. The van der Waals surface area contributed by atoms with Crippen molar-refractivity contribution in [2.45, 2.75) is 6.92 Å². The molecule has 0 aliphatic heterocycles. The van der Waals surface area contributed by atoms with Crippen LogP contribution in [-0.4, -0.2) is 17.8 Å². The summed E-state index contributed by atoms with van der Waals surface area (Å²) in [5.41, 5.74) is 1.89. The molecule has 0 aliphatic carbocycles. The highest BCUT2D eigenvalue weighted by molar-refractivity contribution is 5.98. The summed E-state index contributed by atoms with van der Waals surface area (Å²) in [5, 5.41) is 3.78. The molecule has 0 aliphatic rings.